The lowest BCUT2D eigenvalue weighted by Crippen LogP contribution is -2.56. The summed E-state index contributed by atoms with van der Waals surface area (Å²) in [5.41, 5.74) is 0. The number of nitrogens with one attached hydrogen (secondary N) is 1. The van der Waals surface area contributed by atoms with E-state index < -0.39 is 0 Å². The fourth-order valence-corrected chi connectivity index (χ4v) is 2.52. The number of rotatable bonds is 2. The molecular formula is C11H22N2O. The van der Waals surface area contributed by atoms with Crippen LogP contribution in [0.2, 0.25) is 0 Å². The summed E-state index contributed by atoms with van der Waals surface area (Å²) in [4.78, 5) is 2.51. The Balaban J connectivity index is 1.91. The molecule has 3 nitrogen and oxygen atoms in total. The van der Waals surface area contributed by atoms with E-state index in [0.29, 0.717) is 24.3 Å². The van der Waals surface area contributed by atoms with Gasteiger partial charge in [-0.05, 0) is 26.8 Å². The van der Waals surface area contributed by atoms with E-state index in [0.717, 1.165) is 13.1 Å². The summed E-state index contributed by atoms with van der Waals surface area (Å²) < 4.78 is 5.99. The summed E-state index contributed by atoms with van der Waals surface area (Å²) in [5, 5.41) is 3.65. The third-order valence-corrected chi connectivity index (χ3v) is 3.45. The highest BCUT2D eigenvalue weighted by molar-refractivity contribution is 4.96. The molecule has 0 aliphatic carbocycles. The lowest BCUT2D eigenvalue weighted by molar-refractivity contribution is -0.0578. The molecule has 2 heterocycles. The van der Waals surface area contributed by atoms with Gasteiger partial charge in [0.25, 0.3) is 0 Å². The van der Waals surface area contributed by atoms with Crippen LogP contribution in [0.5, 0.6) is 0 Å². The van der Waals surface area contributed by atoms with Crippen LogP contribution < -0.4 is 5.32 Å². The Morgan fingerprint density at radius 3 is 2.86 bits per heavy atom. The van der Waals surface area contributed by atoms with Gasteiger partial charge in [-0.1, -0.05) is 6.92 Å². The van der Waals surface area contributed by atoms with Crippen LogP contribution in [0, 0.1) is 0 Å². The van der Waals surface area contributed by atoms with E-state index in [4.69, 9.17) is 4.74 Å². The molecule has 0 radical (unpaired) electrons. The lowest BCUT2D eigenvalue weighted by Gasteiger charge is -2.36. The average molecular weight is 198 g/mol. The van der Waals surface area contributed by atoms with Gasteiger partial charge in [0.1, 0.15) is 0 Å². The van der Waals surface area contributed by atoms with Crippen molar-refractivity contribution >= 4 is 0 Å². The second-order valence-corrected chi connectivity index (χ2v) is 4.70. The van der Waals surface area contributed by atoms with Crippen LogP contribution in [-0.4, -0.2) is 48.8 Å². The Labute approximate surface area is 86.8 Å². The molecule has 14 heavy (non-hydrogen) atoms. The number of hydrogen-bond acceptors (Lipinski definition) is 3. The van der Waals surface area contributed by atoms with Crippen LogP contribution in [0.4, 0.5) is 0 Å². The van der Waals surface area contributed by atoms with Crippen LogP contribution in [0.15, 0.2) is 0 Å². The van der Waals surface area contributed by atoms with Crippen molar-refractivity contribution in [3.8, 4) is 0 Å². The first-order chi connectivity index (χ1) is 6.70. The zero-order chi connectivity index (χ0) is 10.1. The van der Waals surface area contributed by atoms with Crippen LogP contribution in [0.1, 0.15) is 27.2 Å². The van der Waals surface area contributed by atoms with Crippen molar-refractivity contribution in [3.05, 3.63) is 0 Å². The second kappa shape index (κ2) is 4.17. The molecule has 82 valence electrons. The van der Waals surface area contributed by atoms with Crippen molar-refractivity contribution in [2.24, 2.45) is 0 Å². The SMILES string of the molecule is CCCN1CC2NC(C)C(C)OC2C1. The van der Waals surface area contributed by atoms with Crippen molar-refractivity contribution < 1.29 is 4.74 Å². The third kappa shape index (κ3) is 1.95. The molecule has 2 fully saturated rings. The van der Waals surface area contributed by atoms with Gasteiger partial charge in [-0.2, -0.15) is 0 Å². The molecule has 2 aliphatic rings. The normalized spacial score (nSPS) is 43.9. The molecule has 4 atom stereocenters. The molecule has 0 aromatic carbocycles. The number of fused-ring (bicyclic) bond motifs is 1. The number of morpholine rings is 1. The molecule has 4 unspecified atom stereocenters. The first-order valence-corrected chi connectivity index (χ1v) is 5.84. The number of hydrogen-bond donors (Lipinski definition) is 1. The van der Waals surface area contributed by atoms with Crippen molar-refractivity contribution in [2.45, 2.75) is 51.5 Å². The zero-order valence-corrected chi connectivity index (χ0v) is 9.49. The Morgan fingerprint density at radius 2 is 2.14 bits per heavy atom. The predicted octanol–water partition coefficient (Wildman–Crippen LogP) is 0.846. The summed E-state index contributed by atoms with van der Waals surface area (Å²) in [5.74, 6) is 0. The van der Waals surface area contributed by atoms with E-state index >= 15 is 0 Å². The van der Waals surface area contributed by atoms with Gasteiger partial charge in [-0.25, -0.2) is 0 Å². The molecule has 0 aromatic heterocycles. The number of nitrogens with zero attached hydrogens (tertiary/aromatic N) is 1. The fraction of sp³-hybridized carbons (Fsp3) is 1.00. The van der Waals surface area contributed by atoms with E-state index in [1.165, 1.54) is 13.0 Å². The van der Waals surface area contributed by atoms with Gasteiger partial charge in [-0.15, -0.1) is 0 Å². The van der Waals surface area contributed by atoms with E-state index in [-0.39, 0.29) is 0 Å². The zero-order valence-electron chi connectivity index (χ0n) is 9.49. The lowest BCUT2D eigenvalue weighted by atomic mass is 10.1. The Bertz CT molecular complexity index is 180. The summed E-state index contributed by atoms with van der Waals surface area (Å²) >= 11 is 0. The predicted molar refractivity (Wildman–Crippen MR) is 57.5 cm³/mol. The highest BCUT2D eigenvalue weighted by Gasteiger charge is 2.39. The van der Waals surface area contributed by atoms with E-state index in [9.17, 15) is 0 Å². The molecule has 0 amide bonds. The molecule has 0 aromatic rings. The summed E-state index contributed by atoms with van der Waals surface area (Å²) in [6.45, 7) is 10.1. The van der Waals surface area contributed by atoms with Gasteiger partial charge >= 0.3 is 0 Å². The van der Waals surface area contributed by atoms with Gasteiger partial charge < -0.3 is 10.1 Å². The van der Waals surface area contributed by atoms with Crippen molar-refractivity contribution in [1.82, 2.24) is 10.2 Å². The van der Waals surface area contributed by atoms with Crippen molar-refractivity contribution in [3.63, 3.8) is 0 Å². The summed E-state index contributed by atoms with van der Waals surface area (Å²) in [7, 11) is 0. The maximum Gasteiger partial charge on any atom is 0.0871 e. The molecule has 2 rings (SSSR count). The first-order valence-electron chi connectivity index (χ1n) is 5.84. The van der Waals surface area contributed by atoms with Crippen molar-refractivity contribution in [1.29, 1.82) is 0 Å². The Morgan fingerprint density at radius 1 is 1.36 bits per heavy atom. The molecule has 0 bridgehead atoms. The van der Waals surface area contributed by atoms with Gasteiger partial charge in [0, 0.05) is 25.2 Å². The largest absolute Gasteiger partial charge is 0.371 e. The van der Waals surface area contributed by atoms with E-state index in [1.54, 1.807) is 0 Å². The van der Waals surface area contributed by atoms with Gasteiger partial charge in [0.05, 0.1) is 12.2 Å². The molecule has 3 heteroatoms. The Kier molecular flexibility index (Phi) is 3.10. The third-order valence-electron chi connectivity index (χ3n) is 3.45. The molecule has 0 saturated carbocycles. The van der Waals surface area contributed by atoms with Crippen LogP contribution in [0.25, 0.3) is 0 Å². The molecule has 0 spiro atoms. The van der Waals surface area contributed by atoms with E-state index in [2.05, 4.69) is 31.0 Å². The Hall–Kier alpha value is -0.120. The maximum atomic E-state index is 5.99. The standard InChI is InChI=1S/C11H22N2O/c1-4-5-13-6-10-11(7-13)14-9(3)8(2)12-10/h8-12H,4-7H2,1-3H3. The first kappa shape index (κ1) is 10.4. The van der Waals surface area contributed by atoms with Gasteiger partial charge in [0.15, 0.2) is 0 Å². The monoisotopic (exact) mass is 198 g/mol. The molecular weight excluding hydrogens is 176 g/mol. The highest BCUT2D eigenvalue weighted by Crippen LogP contribution is 2.21. The molecule has 2 aliphatic heterocycles. The van der Waals surface area contributed by atoms with Crippen LogP contribution in [-0.2, 0) is 4.74 Å². The van der Waals surface area contributed by atoms with Gasteiger partial charge in [-0.3, -0.25) is 4.90 Å². The minimum atomic E-state index is 0.359. The second-order valence-electron chi connectivity index (χ2n) is 4.70. The fourth-order valence-electron chi connectivity index (χ4n) is 2.52. The molecule has 2 saturated heterocycles. The minimum Gasteiger partial charge on any atom is -0.371 e. The van der Waals surface area contributed by atoms with Gasteiger partial charge in [0.2, 0.25) is 0 Å². The number of likely N-dealkylation sites (tertiary alicyclic amines) is 1. The smallest absolute Gasteiger partial charge is 0.0871 e. The topological polar surface area (TPSA) is 24.5 Å². The average Bonchev–Trinajstić information content (AvgIpc) is 2.48. The maximum absolute atomic E-state index is 5.99. The summed E-state index contributed by atoms with van der Waals surface area (Å²) in [6, 6.07) is 1.06. The minimum absolute atomic E-state index is 0.359. The van der Waals surface area contributed by atoms with Crippen LogP contribution in [0.3, 0.4) is 0 Å². The van der Waals surface area contributed by atoms with Crippen LogP contribution >= 0.6 is 0 Å². The quantitative estimate of drug-likeness (QED) is 0.712. The number of ether oxygens (including phenoxy) is 1. The highest BCUT2D eigenvalue weighted by atomic mass is 16.5. The summed E-state index contributed by atoms with van der Waals surface area (Å²) in [6.07, 6.45) is 2.02. The van der Waals surface area contributed by atoms with Crippen molar-refractivity contribution in [2.75, 3.05) is 19.6 Å². The molecule has 1 N–H and O–H groups in total. The van der Waals surface area contributed by atoms with E-state index in [1.807, 2.05) is 0 Å².